The molecule has 110 valence electrons. The molecule has 0 saturated carbocycles. The van der Waals surface area contributed by atoms with Crippen LogP contribution in [0.15, 0.2) is 42.7 Å². The second kappa shape index (κ2) is 6.88. The summed E-state index contributed by atoms with van der Waals surface area (Å²) >= 11 is 0. The lowest BCUT2D eigenvalue weighted by molar-refractivity contribution is -0.116. The largest absolute Gasteiger partial charge is 0.485 e. The average Bonchev–Trinajstić information content (AvgIpc) is 2.90. The van der Waals surface area contributed by atoms with E-state index in [9.17, 15) is 9.59 Å². The first kappa shape index (κ1) is 15.0. The molecule has 0 aliphatic rings. The van der Waals surface area contributed by atoms with E-state index < -0.39 is 0 Å². The maximum Gasteiger partial charge on any atom is 0.201 e. The second-order valence-corrected chi connectivity index (χ2v) is 5.12. The van der Waals surface area contributed by atoms with Crippen LogP contribution in [0, 0.1) is 0 Å². The van der Waals surface area contributed by atoms with Gasteiger partial charge in [-0.05, 0) is 37.1 Å². The number of nitrogens with zero attached hydrogens (tertiary/aromatic N) is 1. The summed E-state index contributed by atoms with van der Waals surface area (Å²) in [6, 6.07) is 9.27. The van der Waals surface area contributed by atoms with E-state index in [4.69, 9.17) is 4.74 Å². The monoisotopic (exact) mass is 285 g/mol. The van der Waals surface area contributed by atoms with Crippen molar-refractivity contribution >= 4 is 11.6 Å². The van der Waals surface area contributed by atoms with Gasteiger partial charge < -0.3 is 14.1 Å². The molecule has 1 heterocycles. The summed E-state index contributed by atoms with van der Waals surface area (Å²) < 4.78 is 7.32. The lowest BCUT2D eigenvalue weighted by Gasteiger charge is -2.06. The summed E-state index contributed by atoms with van der Waals surface area (Å²) in [6.45, 7) is 1.61. The number of ketones is 2. The molecule has 0 radical (unpaired) electrons. The number of benzene rings is 1. The van der Waals surface area contributed by atoms with Gasteiger partial charge in [0, 0.05) is 31.4 Å². The van der Waals surface area contributed by atoms with E-state index in [0.29, 0.717) is 17.7 Å². The van der Waals surface area contributed by atoms with Crippen molar-refractivity contribution in [2.24, 2.45) is 7.05 Å². The number of Topliss-reactive ketones (excluding diaryl/α,β-unsaturated/α-hetero) is 2. The van der Waals surface area contributed by atoms with Crippen molar-refractivity contribution in [1.29, 1.82) is 0 Å². The number of hydrogen-bond donors (Lipinski definition) is 0. The van der Waals surface area contributed by atoms with E-state index >= 15 is 0 Å². The van der Waals surface area contributed by atoms with Crippen LogP contribution in [0.2, 0.25) is 0 Å². The van der Waals surface area contributed by atoms with Gasteiger partial charge in [-0.1, -0.05) is 12.1 Å². The molecule has 21 heavy (non-hydrogen) atoms. The van der Waals surface area contributed by atoms with Gasteiger partial charge in [-0.15, -0.1) is 0 Å². The summed E-state index contributed by atoms with van der Waals surface area (Å²) in [6.07, 6.45) is 4.89. The molecule has 1 aromatic heterocycles. The molecule has 0 fully saturated rings. The summed E-state index contributed by atoms with van der Waals surface area (Å²) in [5.74, 6) is 0.797. The molecule has 1 aromatic carbocycles. The predicted octanol–water partition coefficient (Wildman–Crippen LogP) is 2.81. The zero-order valence-corrected chi connectivity index (χ0v) is 12.3. The second-order valence-electron chi connectivity index (χ2n) is 5.12. The zero-order chi connectivity index (χ0) is 15.2. The van der Waals surface area contributed by atoms with E-state index in [1.807, 2.05) is 42.1 Å². The van der Waals surface area contributed by atoms with Crippen LogP contribution in [0.5, 0.6) is 5.75 Å². The van der Waals surface area contributed by atoms with Gasteiger partial charge in [-0.3, -0.25) is 4.79 Å². The molecule has 0 aliphatic carbocycles. The lowest BCUT2D eigenvalue weighted by atomic mass is 10.1. The fourth-order valence-electron chi connectivity index (χ4n) is 1.97. The third kappa shape index (κ3) is 4.60. The highest BCUT2D eigenvalue weighted by Crippen LogP contribution is 2.14. The predicted molar refractivity (Wildman–Crippen MR) is 80.7 cm³/mol. The van der Waals surface area contributed by atoms with E-state index in [0.717, 1.165) is 12.0 Å². The number of ether oxygens (including phenoxy) is 1. The van der Waals surface area contributed by atoms with E-state index in [-0.39, 0.29) is 18.2 Å². The van der Waals surface area contributed by atoms with E-state index in [1.165, 1.54) is 0 Å². The normalized spacial score (nSPS) is 10.4. The highest BCUT2D eigenvalue weighted by atomic mass is 16.5. The Morgan fingerprint density at radius 1 is 1.14 bits per heavy atom. The molecule has 0 atom stereocenters. The van der Waals surface area contributed by atoms with Gasteiger partial charge in [0.2, 0.25) is 5.78 Å². The molecule has 0 unspecified atom stereocenters. The molecule has 4 heteroatoms. The van der Waals surface area contributed by atoms with Crippen molar-refractivity contribution in [3.63, 3.8) is 0 Å². The minimum Gasteiger partial charge on any atom is -0.485 e. The van der Waals surface area contributed by atoms with Gasteiger partial charge >= 0.3 is 0 Å². The van der Waals surface area contributed by atoms with Gasteiger partial charge in [0.25, 0.3) is 0 Å². The Morgan fingerprint density at radius 3 is 2.43 bits per heavy atom. The SMILES string of the molecule is CC(=O)CCc1ccc(OCC(=O)c2ccn(C)c2)cc1. The number of carbonyl (C=O) groups is 2. The molecule has 0 amide bonds. The van der Waals surface area contributed by atoms with Crippen LogP contribution in [0.25, 0.3) is 0 Å². The molecule has 2 aromatic rings. The Morgan fingerprint density at radius 2 is 1.86 bits per heavy atom. The Kier molecular flexibility index (Phi) is 4.93. The Bertz CT molecular complexity index is 626. The van der Waals surface area contributed by atoms with Gasteiger partial charge in [0.1, 0.15) is 11.5 Å². The number of hydrogen-bond acceptors (Lipinski definition) is 3. The van der Waals surface area contributed by atoms with Crippen molar-refractivity contribution in [2.45, 2.75) is 19.8 Å². The van der Waals surface area contributed by atoms with Crippen molar-refractivity contribution in [2.75, 3.05) is 6.61 Å². The first-order valence-corrected chi connectivity index (χ1v) is 6.91. The summed E-state index contributed by atoms with van der Waals surface area (Å²) in [5, 5.41) is 0. The fourth-order valence-corrected chi connectivity index (χ4v) is 1.97. The number of aryl methyl sites for hydroxylation is 2. The van der Waals surface area contributed by atoms with Gasteiger partial charge in [-0.25, -0.2) is 0 Å². The third-order valence-corrected chi connectivity index (χ3v) is 3.21. The van der Waals surface area contributed by atoms with Crippen LogP contribution in [0.1, 0.15) is 29.3 Å². The Balaban J connectivity index is 1.86. The zero-order valence-electron chi connectivity index (χ0n) is 12.3. The first-order chi connectivity index (χ1) is 10.0. The molecular formula is C17H19NO3. The Labute approximate surface area is 124 Å². The summed E-state index contributed by atoms with van der Waals surface area (Å²) in [7, 11) is 1.87. The third-order valence-electron chi connectivity index (χ3n) is 3.21. The highest BCUT2D eigenvalue weighted by molar-refractivity contribution is 5.97. The van der Waals surface area contributed by atoms with Gasteiger partial charge in [0.05, 0.1) is 0 Å². The maximum absolute atomic E-state index is 11.9. The van der Waals surface area contributed by atoms with Crippen LogP contribution >= 0.6 is 0 Å². The highest BCUT2D eigenvalue weighted by Gasteiger charge is 2.08. The van der Waals surface area contributed by atoms with E-state index in [1.54, 1.807) is 19.2 Å². The van der Waals surface area contributed by atoms with Crippen LogP contribution in [0.3, 0.4) is 0 Å². The number of aromatic nitrogens is 1. The van der Waals surface area contributed by atoms with Crippen molar-refractivity contribution in [3.05, 3.63) is 53.9 Å². The van der Waals surface area contributed by atoms with Crippen LogP contribution in [-0.2, 0) is 18.3 Å². The van der Waals surface area contributed by atoms with Crippen LogP contribution in [0.4, 0.5) is 0 Å². The summed E-state index contributed by atoms with van der Waals surface area (Å²) in [4.78, 5) is 22.8. The minimum atomic E-state index is -0.0451. The summed E-state index contributed by atoms with van der Waals surface area (Å²) in [5.41, 5.74) is 1.74. The molecule has 4 nitrogen and oxygen atoms in total. The first-order valence-electron chi connectivity index (χ1n) is 6.91. The number of carbonyl (C=O) groups excluding carboxylic acids is 2. The number of rotatable bonds is 7. The lowest BCUT2D eigenvalue weighted by Crippen LogP contribution is -2.10. The van der Waals surface area contributed by atoms with Crippen LogP contribution < -0.4 is 4.74 Å². The molecule has 0 spiro atoms. The quantitative estimate of drug-likeness (QED) is 0.735. The molecule has 0 bridgehead atoms. The molecule has 2 rings (SSSR count). The average molecular weight is 285 g/mol. The van der Waals surface area contributed by atoms with Crippen molar-refractivity contribution < 1.29 is 14.3 Å². The molecule has 0 N–H and O–H groups in total. The van der Waals surface area contributed by atoms with E-state index in [2.05, 4.69) is 0 Å². The van der Waals surface area contributed by atoms with Gasteiger partial charge in [0.15, 0.2) is 6.61 Å². The molecule has 0 aliphatic heterocycles. The molecular weight excluding hydrogens is 266 g/mol. The topological polar surface area (TPSA) is 48.3 Å². The molecule has 0 saturated heterocycles. The smallest absolute Gasteiger partial charge is 0.201 e. The maximum atomic E-state index is 11.9. The van der Waals surface area contributed by atoms with Crippen molar-refractivity contribution in [3.8, 4) is 5.75 Å². The van der Waals surface area contributed by atoms with Crippen molar-refractivity contribution in [1.82, 2.24) is 4.57 Å². The van der Waals surface area contributed by atoms with Crippen LogP contribution in [-0.4, -0.2) is 22.7 Å². The van der Waals surface area contributed by atoms with Gasteiger partial charge in [-0.2, -0.15) is 0 Å². The fraction of sp³-hybridized carbons (Fsp3) is 0.294. The Hall–Kier alpha value is -2.36. The minimum absolute atomic E-state index is 0.0246. The standard InChI is InChI=1S/C17H19NO3/c1-13(19)3-4-14-5-7-16(8-6-14)21-12-17(20)15-9-10-18(2)11-15/h5-11H,3-4,12H2,1-2H3.